The zero-order valence-corrected chi connectivity index (χ0v) is 10.4. The second kappa shape index (κ2) is 6.81. The Morgan fingerprint density at radius 1 is 1.25 bits per heavy atom. The molecule has 0 aliphatic heterocycles. The number of rotatable bonds is 6. The molecule has 0 amide bonds. The Morgan fingerprint density at radius 3 is 2.31 bits per heavy atom. The van der Waals surface area contributed by atoms with Crippen LogP contribution in [0.15, 0.2) is 24.3 Å². The maximum absolute atomic E-state index is 12.0. The first-order valence-electron chi connectivity index (χ1n) is 4.77. The van der Waals surface area contributed by atoms with E-state index in [0.717, 1.165) is 11.3 Å². The van der Waals surface area contributed by atoms with Crippen molar-refractivity contribution in [1.29, 1.82) is 0 Å². The van der Waals surface area contributed by atoms with Gasteiger partial charge in [0, 0.05) is 5.33 Å². The topological polar surface area (TPSA) is 18.5 Å². The summed E-state index contributed by atoms with van der Waals surface area (Å²) in [6.07, 6.45) is -2.81. The zero-order chi connectivity index (χ0) is 12.0. The second-order valence-corrected chi connectivity index (χ2v) is 3.79. The molecule has 0 aromatic heterocycles. The van der Waals surface area contributed by atoms with Crippen molar-refractivity contribution >= 4 is 15.9 Å². The van der Waals surface area contributed by atoms with Crippen LogP contribution in [0.1, 0.15) is 11.7 Å². The number of hydrogen-bond acceptors (Lipinski definition) is 2. The van der Waals surface area contributed by atoms with Crippen LogP contribution in [0, 0.1) is 0 Å². The number of hydrogen-bond donors (Lipinski definition) is 0. The summed E-state index contributed by atoms with van der Waals surface area (Å²) in [6, 6.07) is 7.15. The van der Waals surface area contributed by atoms with E-state index in [4.69, 9.17) is 9.47 Å². The molecule has 5 heteroatoms. The van der Waals surface area contributed by atoms with Gasteiger partial charge in [0.2, 0.25) is 0 Å². The fourth-order valence-corrected chi connectivity index (χ4v) is 1.80. The summed E-state index contributed by atoms with van der Waals surface area (Å²) in [7, 11) is 1.57. The van der Waals surface area contributed by atoms with Crippen molar-refractivity contribution in [2.45, 2.75) is 12.5 Å². The van der Waals surface area contributed by atoms with Gasteiger partial charge >= 0.3 is 0 Å². The highest BCUT2D eigenvalue weighted by Crippen LogP contribution is 2.22. The Hall–Kier alpha value is -0.680. The van der Waals surface area contributed by atoms with Gasteiger partial charge < -0.3 is 9.47 Å². The van der Waals surface area contributed by atoms with Crippen LogP contribution in [0.4, 0.5) is 8.78 Å². The molecule has 1 aromatic carbocycles. The monoisotopic (exact) mass is 294 g/mol. The van der Waals surface area contributed by atoms with E-state index in [2.05, 4.69) is 15.9 Å². The minimum atomic E-state index is -2.44. The van der Waals surface area contributed by atoms with Crippen LogP contribution in [-0.4, -0.2) is 25.5 Å². The van der Waals surface area contributed by atoms with Gasteiger partial charge in [-0.25, -0.2) is 8.78 Å². The van der Waals surface area contributed by atoms with Gasteiger partial charge in [0.1, 0.15) is 12.4 Å². The molecule has 16 heavy (non-hydrogen) atoms. The minimum Gasteiger partial charge on any atom is -0.497 e. The van der Waals surface area contributed by atoms with Crippen LogP contribution in [0.2, 0.25) is 0 Å². The van der Waals surface area contributed by atoms with E-state index in [-0.39, 0.29) is 6.10 Å². The molecule has 1 rings (SSSR count). The predicted octanol–water partition coefficient (Wildman–Crippen LogP) is 3.41. The molecule has 0 saturated heterocycles. The first-order valence-corrected chi connectivity index (χ1v) is 5.89. The quantitative estimate of drug-likeness (QED) is 0.749. The van der Waals surface area contributed by atoms with E-state index in [9.17, 15) is 8.78 Å². The fourth-order valence-electron chi connectivity index (χ4n) is 1.24. The first-order chi connectivity index (χ1) is 7.67. The Bertz CT molecular complexity index is 303. The molecule has 2 nitrogen and oxygen atoms in total. The van der Waals surface area contributed by atoms with Crippen LogP contribution in [0.5, 0.6) is 5.75 Å². The van der Waals surface area contributed by atoms with Crippen molar-refractivity contribution in [3.8, 4) is 5.75 Å². The van der Waals surface area contributed by atoms with Gasteiger partial charge in [-0.2, -0.15) is 0 Å². The normalized spacial score (nSPS) is 12.8. The molecule has 90 valence electrons. The SMILES string of the molecule is COc1ccc(C(CBr)OCC(F)F)cc1. The van der Waals surface area contributed by atoms with Crippen LogP contribution >= 0.6 is 15.9 Å². The lowest BCUT2D eigenvalue weighted by atomic mass is 10.1. The van der Waals surface area contributed by atoms with Crippen molar-refractivity contribution in [3.63, 3.8) is 0 Å². The van der Waals surface area contributed by atoms with Gasteiger partial charge in [-0.1, -0.05) is 28.1 Å². The summed E-state index contributed by atoms with van der Waals surface area (Å²) in [6.45, 7) is -0.553. The molecule has 0 aliphatic carbocycles. The zero-order valence-electron chi connectivity index (χ0n) is 8.83. The maximum Gasteiger partial charge on any atom is 0.261 e. The highest BCUT2D eigenvalue weighted by atomic mass is 79.9. The largest absolute Gasteiger partial charge is 0.497 e. The van der Waals surface area contributed by atoms with Crippen LogP contribution in [-0.2, 0) is 4.74 Å². The van der Waals surface area contributed by atoms with Gasteiger partial charge in [0.05, 0.1) is 13.2 Å². The predicted molar refractivity (Wildman–Crippen MR) is 61.5 cm³/mol. The Labute approximate surface area is 102 Å². The average molecular weight is 295 g/mol. The van der Waals surface area contributed by atoms with Gasteiger partial charge in [-0.3, -0.25) is 0 Å². The van der Waals surface area contributed by atoms with Crippen molar-refractivity contribution in [2.24, 2.45) is 0 Å². The molecule has 0 spiro atoms. The second-order valence-electron chi connectivity index (χ2n) is 3.14. The molecule has 0 fully saturated rings. The number of alkyl halides is 3. The van der Waals surface area contributed by atoms with Gasteiger partial charge in [0.15, 0.2) is 0 Å². The highest BCUT2D eigenvalue weighted by molar-refractivity contribution is 9.09. The Balaban J connectivity index is 2.63. The third-order valence-electron chi connectivity index (χ3n) is 2.05. The molecule has 1 atom stereocenters. The molecule has 1 aromatic rings. The highest BCUT2D eigenvalue weighted by Gasteiger charge is 2.13. The molecular formula is C11H13BrF2O2. The van der Waals surface area contributed by atoms with Gasteiger partial charge in [0.25, 0.3) is 6.43 Å². The summed E-state index contributed by atoms with van der Waals surface area (Å²) in [5.41, 5.74) is 0.846. The average Bonchev–Trinajstić information content (AvgIpc) is 2.30. The van der Waals surface area contributed by atoms with E-state index < -0.39 is 13.0 Å². The van der Waals surface area contributed by atoms with Crippen molar-refractivity contribution in [3.05, 3.63) is 29.8 Å². The number of halogens is 3. The Kier molecular flexibility index (Phi) is 5.69. The lowest BCUT2D eigenvalue weighted by Crippen LogP contribution is -2.11. The smallest absolute Gasteiger partial charge is 0.261 e. The first kappa shape index (κ1) is 13.4. The Morgan fingerprint density at radius 2 is 1.88 bits per heavy atom. The van der Waals surface area contributed by atoms with Gasteiger partial charge in [-0.05, 0) is 17.7 Å². The summed E-state index contributed by atoms with van der Waals surface area (Å²) in [5.74, 6) is 0.728. The lowest BCUT2D eigenvalue weighted by molar-refractivity contribution is -0.0159. The molecule has 0 bridgehead atoms. The van der Waals surface area contributed by atoms with Crippen molar-refractivity contribution in [2.75, 3.05) is 19.0 Å². The summed E-state index contributed by atoms with van der Waals surface area (Å²) < 4.78 is 34.1. The standard InChI is InChI=1S/C11H13BrF2O2/c1-15-9-4-2-8(3-5-9)10(6-12)16-7-11(13)14/h2-5,10-11H,6-7H2,1H3. The van der Waals surface area contributed by atoms with Crippen LogP contribution in [0.3, 0.4) is 0 Å². The number of methoxy groups -OCH3 is 1. The van der Waals surface area contributed by atoms with Crippen LogP contribution < -0.4 is 4.74 Å². The minimum absolute atomic E-state index is 0.361. The number of benzene rings is 1. The summed E-state index contributed by atoms with van der Waals surface area (Å²) in [4.78, 5) is 0. The summed E-state index contributed by atoms with van der Waals surface area (Å²) in [5, 5.41) is 0.478. The van der Waals surface area contributed by atoms with Crippen molar-refractivity contribution < 1.29 is 18.3 Å². The van der Waals surface area contributed by atoms with E-state index in [0.29, 0.717) is 5.33 Å². The summed E-state index contributed by atoms with van der Waals surface area (Å²) >= 11 is 3.24. The maximum atomic E-state index is 12.0. The van der Waals surface area contributed by atoms with Crippen LogP contribution in [0.25, 0.3) is 0 Å². The van der Waals surface area contributed by atoms with E-state index in [1.54, 1.807) is 31.4 Å². The lowest BCUT2D eigenvalue weighted by Gasteiger charge is -2.15. The molecule has 0 radical (unpaired) electrons. The third kappa shape index (κ3) is 4.06. The molecule has 0 heterocycles. The van der Waals surface area contributed by atoms with Gasteiger partial charge in [-0.15, -0.1) is 0 Å². The molecule has 0 aliphatic rings. The number of ether oxygens (including phenoxy) is 2. The third-order valence-corrected chi connectivity index (χ3v) is 2.64. The fraction of sp³-hybridized carbons (Fsp3) is 0.455. The van der Waals surface area contributed by atoms with E-state index in [1.807, 2.05) is 0 Å². The van der Waals surface area contributed by atoms with E-state index >= 15 is 0 Å². The molecule has 1 unspecified atom stereocenters. The molecule has 0 N–H and O–H groups in total. The van der Waals surface area contributed by atoms with Crippen molar-refractivity contribution in [1.82, 2.24) is 0 Å². The van der Waals surface area contributed by atoms with E-state index in [1.165, 1.54) is 0 Å². The molecule has 0 saturated carbocycles. The molecular weight excluding hydrogens is 282 g/mol.